The zero-order valence-corrected chi connectivity index (χ0v) is 14.5. The summed E-state index contributed by atoms with van der Waals surface area (Å²) in [6.07, 6.45) is 24.1. The standard InChI is InChI=1S/C22H34/c1-2-3-4-5-6-7-8-9-10-11-12-13-14-16-19-22-20-17-15-18-21-22/h13-21H,2-12H2,1H3/b14-13+,19-16+. The van der Waals surface area contributed by atoms with Gasteiger partial charge >= 0.3 is 0 Å². The van der Waals surface area contributed by atoms with Crippen LogP contribution in [-0.4, -0.2) is 0 Å². The van der Waals surface area contributed by atoms with E-state index in [9.17, 15) is 0 Å². The monoisotopic (exact) mass is 298 g/mol. The molecule has 0 heteroatoms. The summed E-state index contributed by atoms with van der Waals surface area (Å²) in [6.45, 7) is 2.28. The molecule has 0 radical (unpaired) electrons. The van der Waals surface area contributed by atoms with E-state index in [2.05, 4.69) is 61.6 Å². The molecule has 0 heterocycles. The lowest BCUT2D eigenvalue weighted by atomic mass is 10.1. The van der Waals surface area contributed by atoms with Crippen molar-refractivity contribution in [3.05, 3.63) is 54.1 Å². The lowest BCUT2D eigenvalue weighted by Gasteiger charge is -2.01. The molecule has 0 fully saturated rings. The van der Waals surface area contributed by atoms with Crippen LogP contribution in [0.5, 0.6) is 0 Å². The third-order valence-electron chi connectivity index (χ3n) is 4.06. The largest absolute Gasteiger partial charge is 0.0845 e. The van der Waals surface area contributed by atoms with Gasteiger partial charge in [-0.05, 0) is 18.4 Å². The van der Waals surface area contributed by atoms with E-state index in [-0.39, 0.29) is 0 Å². The smallest absolute Gasteiger partial charge is 0.0257 e. The van der Waals surface area contributed by atoms with Crippen molar-refractivity contribution in [2.75, 3.05) is 0 Å². The second-order valence-electron chi connectivity index (χ2n) is 6.17. The highest BCUT2D eigenvalue weighted by Gasteiger charge is 1.91. The van der Waals surface area contributed by atoms with E-state index in [1.54, 1.807) is 0 Å². The Bertz CT molecular complexity index is 386. The molecule has 0 aromatic heterocycles. The van der Waals surface area contributed by atoms with E-state index in [0.717, 1.165) is 0 Å². The fourth-order valence-electron chi connectivity index (χ4n) is 2.66. The number of hydrogen-bond donors (Lipinski definition) is 0. The minimum absolute atomic E-state index is 1.22. The summed E-state index contributed by atoms with van der Waals surface area (Å²) < 4.78 is 0. The molecule has 0 spiro atoms. The first-order valence-electron chi connectivity index (χ1n) is 9.31. The van der Waals surface area contributed by atoms with Crippen LogP contribution >= 0.6 is 0 Å². The van der Waals surface area contributed by atoms with Crippen LogP contribution in [0.25, 0.3) is 6.08 Å². The number of unbranched alkanes of at least 4 members (excludes halogenated alkanes) is 10. The summed E-state index contributed by atoms with van der Waals surface area (Å²) in [7, 11) is 0. The average Bonchev–Trinajstić information content (AvgIpc) is 2.56. The maximum absolute atomic E-state index is 2.30. The minimum atomic E-state index is 1.22. The molecule has 0 N–H and O–H groups in total. The van der Waals surface area contributed by atoms with Gasteiger partial charge in [0.25, 0.3) is 0 Å². The van der Waals surface area contributed by atoms with Crippen molar-refractivity contribution >= 4 is 6.08 Å². The molecule has 1 aromatic carbocycles. The van der Waals surface area contributed by atoms with E-state index < -0.39 is 0 Å². The van der Waals surface area contributed by atoms with Crippen LogP contribution in [0.3, 0.4) is 0 Å². The first-order valence-corrected chi connectivity index (χ1v) is 9.31. The molecule has 0 unspecified atom stereocenters. The molecule has 0 aliphatic rings. The third-order valence-corrected chi connectivity index (χ3v) is 4.06. The summed E-state index contributed by atoms with van der Waals surface area (Å²) in [5.41, 5.74) is 1.27. The van der Waals surface area contributed by atoms with Crippen LogP contribution in [0.15, 0.2) is 48.6 Å². The van der Waals surface area contributed by atoms with Crippen LogP contribution in [-0.2, 0) is 0 Å². The van der Waals surface area contributed by atoms with Crippen LogP contribution in [0, 0.1) is 0 Å². The summed E-state index contributed by atoms with van der Waals surface area (Å²) in [5.74, 6) is 0. The highest BCUT2D eigenvalue weighted by atomic mass is 14.0. The first kappa shape index (κ1) is 18.7. The molecule has 0 aliphatic heterocycles. The Labute approximate surface area is 138 Å². The van der Waals surface area contributed by atoms with Crippen molar-refractivity contribution in [3.8, 4) is 0 Å². The molecule has 0 amide bonds. The van der Waals surface area contributed by atoms with E-state index in [1.165, 1.54) is 76.2 Å². The van der Waals surface area contributed by atoms with Gasteiger partial charge in [0, 0.05) is 0 Å². The average molecular weight is 299 g/mol. The topological polar surface area (TPSA) is 0 Å². The van der Waals surface area contributed by atoms with Crippen LogP contribution in [0.4, 0.5) is 0 Å². The van der Waals surface area contributed by atoms with Gasteiger partial charge in [-0.3, -0.25) is 0 Å². The highest BCUT2D eigenvalue weighted by molar-refractivity contribution is 5.50. The summed E-state index contributed by atoms with van der Waals surface area (Å²) >= 11 is 0. The fraction of sp³-hybridized carbons (Fsp3) is 0.545. The highest BCUT2D eigenvalue weighted by Crippen LogP contribution is 2.11. The van der Waals surface area contributed by atoms with Gasteiger partial charge in [0.1, 0.15) is 0 Å². The summed E-state index contributed by atoms with van der Waals surface area (Å²) in [6, 6.07) is 10.5. The molecule has 0 bridgehead atoms. The second-order valence-corrected chi connectivity index (χ2v) is 6.17. The van der Waals surface area contributed by atoms with Gasteiger partial charge < -0.3 is 0 Å². The van der Waals surface area contributed by atoms with E-state index in [1.807, 2.05) is 0 Å². The molecule has 0 aliphatic carbocycles. The quantitative estimate of drug-likeness (QED) is 0.260. The molecule has 0 saturated heterocycles. The molecular weight excluding hydrogens is 264 g/mol. The van der Waals surface area contributed by atoms with Gasteiger partial charge in [0.05, 0.1) is 0 Å². The van der Waals surface area contributed by atoms with Gasteiger partial charge in [-0.25, -0.2) is 0 Å². The molecule has 1 rings (SSSR count). The predicted molar refractivity (Wildman–Crippen MR) is 101 cm³/mol. The van der Waals surface area contributed by atoms with Gasteiger partial charge in [0.15, 0.2) is 0 Å². The lowest BCUT2D eigenvalue weighted by molar-refractivity contribution is 0.557. The Hall–Kier alpha value is -1.30. The minimum Gasteiger partial charge on any atom is -0.0845 e. The first-order chi connectivity index (χ1) is 10.9. The Balaban J connectivity index is 1.87. The number of rotatable bonds is 13. The normalized spacial score (nSPS) is 11.7. The summed E-state index contributed by atoms with van der Waals surface area (Å²) in [5, 5.41) is 0. The Kier molecular flexibility index (Phi) is 12.5. The Morgan fingerprint density at radius 2 is 1.27 bits per heavy atom. The molecule has 122 valence electrons. The van der Waals surface area contributed by atoms with Crippen molar-refractivity contribution in [1.29, 1.82) is 0 Å². The van der Waals surface area contributed by atoms with E-state index in [4.69, 9.17) is 0 Å². The third kappa shape index (κ3) is 11.4. The van der Waals surface area contributed by atoms with Crippen molar-refractivity contribution in [1.82, 2.24) is 0 Å². The number of hydrogen-bond acceptors (Lipinski definition) is 0. The van der Waals surface area contributed by atoms with Gasteiger partial charge in [0.2, 0.25) is 0 Å². The SMILES string of the molecule is CCCCCCCCCCCC/C=C/C=C/c1ccccc1. The van der Waals surface area contributed by atoms with Gasteiger partial charge in [-0.1, -0.05) is 119 Å². The van der Waals surface area contributed by atoms with Crippen molar-refractivity contribution in [3.63, 3.8) is 0 Å². The fourth-order valence-corrected chi connectivity index (χ4v) is 2.66. The van der Waals surface area contributed by atoms with Gasteiger partial charge in [-0.15, -0.1) is 0 Å². The Morgan fingerprint density at radius 1 is 0.682 bits per heavy atom. The zero-order chi connectivity index (χ0) is 15.7. The predicted octanol–water partition coefficient (Wildman–Crippen LogP) is 7.57. The maximum atomic E-state index is 2.30. The molecule has 0 atom stereocenters. The van der Waals surface area contributed by atoms with Crippen molar-refractivity contribution in [2.45, 2.75) is 77.6 Å². The molecule has 0 nitrogen and oxygen atoms in total. The molecule has 1 aromatic rings. The Morgan fingerprint density at radius 3 is 1.91 bits per heavy atom. The van der Waals surface area contributed by atoms with E-state index >= 15 is 0 Å². The van der Waals surface area contributed by atoms with E-state index in [0.29, 0.717) is 0 Å². The lowest BCUT2D eigenvalue weighted by Crippen LogP contribution is -1.81. The molecule has 0 saturated carbocycles. The zero-order valence-electron chi connectivity index (χ0n) is 14.5. The van der Waals surface area contributed by atoms with Crippen molar-refractivity contribution in [2.24, 2.45) is 0 Å². The second kappa shape index (κ2) is 14.6. The summed E-state index contributed by atoms with van der Waals surface area (Å²) in [4.78, 5) is 0. The maximum Gasteiger partial charge on any atom is -0.0257 e. The number of allylic oxidation sites excluding steroid dienone is 3. The number of benzene rings is 1. The molecular formula is C22H34. The van der Waals surface area contributed by atoms with Gasteiger partial charge in [-0.2, -0.15) is 0 Å². The van der Waals surface area contributed by atoms with Crippen LogP contribution < -0.4 is 0 Å². The van der Waals surface area contributed by atoms with Crippen LogP contribution in [0.1, 0.15) is 83.1 Å². The molecule has 22 heavy (non-hydrogen) atoms. The van der Waals surface area contributed by atoms with Crippen LogP contribution in [0.2, 0.25) is 0 Å². The van der Waals surface area contributed by atoms with Crippen molar-refractivity contribution < 1.29 is 0 Å².